The second-order valence-electron chi connectivity index (χ2n) is 6.56. The number of benzene rings is 2. The van der Waals surface area contributed by atoms with E-state index < -0.39 is 15.8 Å². The van der Waals surface area contributed by atoms with E-state index in [-0.39, 0.29) is 11.4 Å². The van der Waals surface area contributed by atoms with Gasteiger partial charge in [-0.25, -0.2) is 17.5 Å². The first-order valence-electron chi connectivity index (χ1n) is 9.10. The average molecular weight is 400 g/mol. The number of aryl methyl sites for hydroxylation is 1. The highest BCUT2D eigenvalue weighted by atomic mass is 32.2. The predicted molar refractivity (Wildman–Crippen MR) is 114 cm³/mol. The van der Waals surface area contributed by atoms with Crippen LogP contribution in [-0.2, 0) is 10.0 Å². The van der Waals surface area contributed by atoms with Gasteiger partial charge in [0, 0.05) is 6.54 Å². The van der Waals surface area contributed by atoms with Gasteiger partial charge in [0.25, 0.3) is 0 Å². The van der Waals surface area contributed by atoms with Crippen molar-refractivity contribution in [3.8, 4) is 0 Å². The van der Waals surface area contributed by atoms with Gasteiger partial charge in [0.05, 0.1) is 4.90 Å². The predicted octanol–water partition coefficient (Wildman–Crippen LogP) is 5.41. The largest absolute Gasteiger partial charge is 0.240 e. The fourth-order valence-corrected chi connectivity index (χ4v) is 4.03. The number of halogens is 1. The molecule has 0 aliphatic carbocycles. The lowest BCUT2D eigenvalue weighted by Crippen LogP contribution is -2.24. The third-order valence-corrected chi connectivity index (χ3v) is 5.86. The number of nitrogens with one attached hydrogen (secondary N) is 1. The second-order valence-corrected chi connectivity index (χ2v) is 8.32. The molecule has 0 unspecified atom stereocenters. The summed E-state index contributed by atoms with van der Waals surface area (Å²) in [6.45, 7) is 10.3. The van der Waals surface area contributed by atoms with Gasteiger partial charge in [0.15, 0.2) is 0 Å². The summed E-state index contributed by atoms with van der Waals surface area (Å²) < 4.78 is 40.2. The highest BCUT2D eigenvalue weighted by Gasteiger charge is 2.14. The standard InChI is InChI=1S/C23H26FNO2S/c1-5-21(17(2)3)23(22-10-7-6-9-18(22)4)11-8-16-25-28(26,27)20-14-12-19(24)13-15-20/h5-7,9-15,25H,2,8,16H2,1,3-4H3. The first-order valence-corrected chi connectivity index (χ1v) is 10.6. The summed E-state index contributed by atoms with van der Waals surface area (Å²) in [6.07, 6.45) is 4.55. The molecule has 0 fully saturated rings. The van der Waals surface area contributed by atoms with Crippen molar-refractivity contribution in [2.75, 3.05) is 6.54 Å². The zero-order chi connectivity index (χ0) is 20.7. The Morgan fingerprint density at radius 1 is 1.14 bits per heavy atom. The molecule has 28 heavy (non-hydrogen) atoms. The first-order chi connectivity index (χ1) is 13.3. The molecule has 5 heteroatoms. The molecule has 1 N–H and O–H groups in total. The Balaban J connectivity index is 2.20. The van der Waals surface area contributed by atoms with E-state index in [2.05, 4.69) is 17.4 Å². The molecule has 0 amide bonds. The normalized spacial score (nSPS) is 12.9. The number of hydrogen-bond acceptors (Lipinski definition) is 2. The van der Waals surface area contributed by atoms with E-state index in [9.17, 15) is 12.8 Å². The molecule has 148 valence electrons. The number of allylic oxidation sites excluding steroid dienone is 4. The van der Waals surface area contributed by atoms with Crippen LogP contribution in [0, 0.1) is 12.7 Å². The molecule has 0 spiro atoms. The summed E-state index contributed by atoms with van der Waals surface area (Å²) in [5.41, 5.74) is 5.26. The maximum atomic E-state index is 13.0. The van der Waals surface area contributed by atoms with Crippen molar-refractivity contribution in [2.45, 2.75) is 32.1 Å². The van der Waals surface area contributed by atoms with E-state index in [0.29, 0.717) is 6.42 Å². The molecule has 2 aromatic rings. The maximum Gasteiger partial charge on any atom is 0.240 e. The van der Waals surface area contributed by atoms with Crippen LogP contribution >= 0.6 is 0 Å². The van der Waals surface area contributed by atoms with E-state index in [4.69, 9.17) is 0 Å². The monoisotopic (exact) mass is 399 g/mol. The molecule has 0 atom stereocenters. The van der Waals surface area contributed by atoms with Crippen LogP contribution in [0.1, 0.15) is 31.4 Å². The molecule has 0 radical (unpaired) electrons. The van der Waals surface area contributed by atoms with Crippen molar-refractivity contribution in [1.82, 2.24) is 4.72 Å². The Hall–Kier alpha value is -2.50. The van der Waals surface area contributed by atoms with Crippen LogP contribution in [0.4, 0.5) is 4.39 Å². The minimum atomic E-state index is -3.67. The summed E-state index contributed by atoms with van der Waals surface area (Å²) in [5, 5.41) is 0. The van der Waals surface area contributed by atoms with Gasteiger partial charge in [-0.15, -0.1) is 0 Å². The Morgan fingerprint density at radius 3 is 2.36 bits per heavy atom. The molecule has 0 aromatic heterocycles. The molecule has 2 rings (SSSR count). The zero-order valence-corrected chi connectivity index (χ0v) is 17.3. The Kier molecular flexibility index (Phi) is 7.49. The highest BCUT2D eigenvalue weighted by molar-refractivity contribution is 7.89. The van der Waals surface area contributed by atoms with E-state index in [1.807, 2.05) is 51.1 Å². The van der Waals surface area contributed by atoms with E-state index in [0.717, 1.165) is 40.0 Å². The van der Waals surface area contributed by atoms with Gasteiger partial charge in [0.1, 0.15) is 5.82 Å². The molecule has 0 heterocycles. The SMILES string of the molecule is C=C(C)C(=CC)C(=CCCNS(=O)(=O)c1ccc(F)cc1)c1ccccc1C. The van der Waals surface area contributed by atoms with Crippen LogP contribution in [0.15, 0.2) is 83.3 Å². The van der Waals surface area contributed by atoms with Crippen LogP contribution < -0.4 is 4.72 Å². The van der Waals surface area contributed by atoms with Gasteiger partial charge < -0.3 is 0 Å². The maximum absolute atomic E-state index is 13.0. The van der Waals surface area contributed by atoms with Crippen molar-refractivity contribution in [3.63, 3.8) is 0 Å². The fraction of sp³-hybridized carbons (Fsp3) is 0.217. The van der Waals surface area contributed by atoms with Crippen LogP contribution in [0.3, 0.4) is 0 Å². The van der Waals surface area contributed by atoms with Crippen LogP contribution in [0.2, 0.25) is 0 Å². The third kappa shape index (κ3) is 5.50. The minimum Gasteiger partial charge on any atom is -0.211 e. The van der Waals surface area contributed by atoms with Gasteiger partial charge in [-0.3, -0.25) is 0 Å². The first kappa shape index (κ1) is 21.8. The summed E-state index contributed by atoms with van der Waals surface area (Å²) in [4.78, 5) is 0.0492. The quantitative estimate of drug-likeness (QED) is 0.477. The molecule has 0 saturated heterocycles. The van der Waals surface area contributed by atoms with Crippen molar-refractivity contribution in [3.05, 3.63) is 95.4 Å². The average Bonchev–Trinajstić information content (AvgIpc) is 2.65. The van der Waals surface area contributed by atoms with Gasteiger partial charge in [-0.2, -0.15) is 0 Å². The van der Waals surface area contributed by atoms with Gasteiger partial charge in [-0.1, -0.05) is 48.6 Å². The van der Waals surface area contributed by atoms with Gasteiger partial charge >= 0.3 is 0 Å². The summed E-state index contributed by atoms with van der Waals surface area (Å²) in [7, 11) is -3.67. The van der Waals surface area contributed by atoms with Crippen molar-refractivity contribution >= 4 is 15.6 Å². The van der Waals surface area contributed by atoms with E-state index >= 15 is 0 Å². The summed E-state index contributed by atoms with van der Waals surface area (Å²) in [6, 6.07) is 12.9. The lowest BCUT2D eigenvalue weighted by atomic mass is 9.90. The number of rotatable bonds is 8. The topological polar surface area (TPSA) is 46.2 Å². The molecule has 2 aromatic carbocycles. The summed E-state index contributed by atoms with van der Waals surface area (Å²) >= 11 is 0. The molecule has 0 saturated carbocycles. The smallest absolute Gasteiger partial charge is 0.211 e. The van der Waals surface area contributed by atoms with E-state index in [1.54, 1.807) is 0 Å². The molecular weight excluding hydrogens is 373 g/mol. The molecular formula is C23H26FNO2S. The summed E-state index contributed by atoms with van der Waals surface area (Å²) in [5.74, 6) is -0.469. The zero-order valence-electron chi connectivity index (χ0n) is 16.5. The lowest BCUT2D eigenvalue weighted by Gasteiger charge is -2.15. The Bertz CT molecular complexity index is 1000. The third-order valence-electron chi connectivity index (χ3n) is 4.38. The van der Waals surface area contributed by atoms with Crippen molar-refractivity contribution in [2.24, 2.45) is 0 Å². The molecule has 3 nitrogen and oxygen atoms in total. The van der Waals surface area contributed by atoms with Crippen LogP contribution in [-0.4, -0.2) is 15.0 Å². The van der Waals surface area contributed by atoms with Gasteiger partial charge in [0.2, 0.25) is 10.0 Å². The van der Waals surface area contributed by atoms with E-state index in [1.165, 1.54) is 12.1 Å². The number of hydrogen-bond donors (Lipinski definition) is 1. The Morgan fingerprint density at radius 2 is 1.79 bits per heavy atom. The fourth-order valence-electron chi connectivity index (χ4n) is 2.98. The van der Waals surface area contributed by atoms with Crippen LogP contribution in [0.5, 0.6) is 0 Å². The molecule has 0 aliphatic heterocycles. The van der Waals surface area contributed by atoms with Crippen molar-refractivity contribution < 1.29 is 12.8 Å². The molecule has 0 bridgehead atoms. The van der Waals surface area contributed by atoms with Crippen molar-refractivity contribution in [1.29, 1.82) is 0 Å². The minimum absolute atomic E-state index is 0.0492. The Labute approximate surface area is 167 Å². The second kappa shape index (κ2) is 9.62. The van der Waals surface area contributed by atoms with Crippen LogP contribution in [0.25, 0.3) is 5.57 Å². The highest BCUT2D eigenvalue weighted by Crippen LogP contribution is 2.30. The molecule has 0 aliphatic rings. The van der Waals surface area contributed by atoms with Gasteiger partial charge in [-0.05, 0) is 73.7 Å². The number of sulfonamides is 1. The lowest BCUT2D eigenvalue weighted by molar-refractivity contribution is 0.581.